The standard InChI is InChI=1S/C20H29N7O2/c1-3-29-20(28)26-9-4-8-25(11-12-26)17-13-18(24-15(2)23-17)27-10-5-16(14-27)19-21-6-7-22-19/h6-7,13,16H,3-5,8-12,14H2,1-2H3,(H,21,22). The predicted octanol–water partition coefficient (Wildman–Crippen LogP) is 2.17. The molecule has 2 aromatic rings. The molecule has 2 aliphatic heterocycles. The molecule has 2 saturated heterocycles. The highest BCUT2D eigenvalue weighted by molar-refractivity contribution is 5.67. The third-order valence-electron chi connectivity index (χ3n) is 5.58. The van der Waals surface area contributed by atoms with E-state index in [1.807, 2.05) is 26.2 Å². The number of aromatic amines is 1. The zero-order valence-electron chi connectivity index (χ0n) is 17.2. The van der Waals surface area contributed by atoms with Crippen LogP contribution >= 0.6 is 0 Å². The lowest BCUT2D eigenvalue weighted by atomic mass is 10.1. The zero-order valence-corrected chi connectivity index (χ0v) is 17.2. The van der Waals surface area contributed by atoms with Crippen molar-refractivity contribution >= 4 is 17.7 Å². The average molecular weight is 399 g/mol. The molecule has 1 amide bonds. The number of hydrogen-bond acceptors (Lipinski definition) is 7. The maximum absolute atomic E-state index is 12.0. The normalized spacial score (nSPS) is 20.1. The first-order valence-electron chi connectivity index (χ1n) is 10.4. The summed E-state index contributed by atoms with van der Waals surface area (Å²) in [5.41, 5.74) is 0. The van der Waals surface area contributed by atoms with Gasteiger partial charge in [0, 0.05) is 63.6 Å². The van der Waals surface area contributed by atoms with Gasteiger partial charge in [0.25, 0.3) is 0 Å². The summed E-state index contributed by atoms with van der Waals surface area (Å²) in [7, 11) is 0. The number of H-pyrrole nitrogens is 1. The van der Waals surface area contributed by atoms with E-state index in [0.717, 1.165) is 62.3 Å². The lowest BCUT2D eigenvalue weighted by molar-refractivity contribution is 0.110. The summed E-state index contributed by atoms with van der Waals surface area (Å²) in [6.45, 7) is 8.99. The topological polar surface area (TPSA) is 90.5 Å². The smallest absolute Gasteiger partial charge is 0.409 e. The number of rotatable bonds is 4. The molecule has 9 nitrogen and oxygen atoms in total. The molecule has 156 valence electrons. The number of nitrogens with one attached hydrogen (secondary N) is 1. The number of anilines is 2. The maximum Gasteiger partial charge on any atom is 0.409 e. The van der Waals surface area contributed by atoms with Crippen LogP contribution in [0, 0.1) is 6.92 Å². The Bertz CT molecular complexity index is 826. The summed E-state index contributed by atoms with van der Waals surface area (Å²) >= 11 is 0. The molecule has 1 N–H and O–H groups in total. The Morgan fingerprint density at radius 2 is 2.00 bits per heavy atom. The van der Waals surface area contributed by atoms with E-state index in [-0.39, 0.29) is 6.09 Å². The van der Waals surface area contributed by atoms with Crippen molar-refractivity contribution in [1.29, 1.82) is 0 Å². The summed E-state index contributed by atoms with van der Waals surface area (Å²) in [5, 5.41) is 0. The Labute approximate surface area is 171 Å². The van der Waals surface area contributed by atoms with Crippen molar-refractivity contribution in [2.75, 3.05) is 55.7 Å². The van der Waals surface area contributed by atoms with Crippen LogP contribution in [0.3, 0.4) is 0 Å². The van der Waals surface area contributed by atoms with Crippen LogP contribution in [0.2, 0.25) is 0 Å². The van der Waals surface area contributed by atoms with Gasteiger partial charge in [-0.2, -0.15) is 0 Å². The fourth-order valence-corrected chi connectivity index (χ4v) is 4.10. The van der Waals surface area contributed by atoms with Gasteiger partial charge in [0.2, 0.25) is 0 Å². The average Bonchev–Trinajstić information content (AvgIpc) is 3.35. The largest absolute Gasteiger partial charge is 0.450 e. The molecule has 2 fully saturated rings. The van der Waals surface area contributed by atoms with Crippen molar-refractivity contribution in [3.8, 4) is 0 Å². The van der Waals surface area contributed by atoms with Gasteiger partial charge < -0.3 is 24.4 Å². The van der Waals surface area contributed by atoms with E-state index in [1.54, 1.807) is 4.90 Å². The molecule has 4 rings (SSSR count). The molecule has 29 heavy (non-hydrogen) atoms. The molecule has 4 heterocycles. The molecule has 0 spiro atoms. The highest BCUT2D eigenvalue weighted by Crippen LogP contribution is 2.29. The fraction of sp³-hybridized carbons (Fsp3) is 0.600. The minimum atomic E-state index is -0.227. The molecule has 0 aromatic carbocycles. The fourth-order valence-electron chi connectivity index (χ4n) is 4.10. The molecular formula is C20H29N7O2. The first kappa shape index (κ1) is 19.5. The first-order chi connectivity index (χ1) is 14.1. The zero-order chi connectivity index (χ0) is 20.2. The van der Waals surface area contributed by atoms with Crippen molar-refractivity contribution in [1.82, 2.24) is 24.8 Å². The van der Waals surface area contributed by atoms with Gasteiger partial charge >= 0.3 is 6.09 Å². The number of imidazole rings is 1. The molecule has 0 bridgehead atoms. The Balaban J connectivity index is 1.45. The van der Waals surface area contributed by atoms with Gasteiger partial charge in [-0.25, -0.2) is 19.7 Å². The van der Waals surface area contributed by atoms with Crippen LogP contribution in [0.5, 0.6) is 0 Å². The molecule has 1 unspecified atom stereocenters. The number of carbonyl (C=O) groups is 1. The van der Waals surface area contributed by atoms with Gasteiger partial charge in [-0.1, -0.05) is 0 Å². The number of aromatic nitrogens is 4. The summed E-state index contributed by atoms with van der Waals surface area (Å²) in [4.78, 5) is 35.4. The summed E-state index contributed by atoms with van der Waals surface area (Å²) in [6, 6.07) is 2.08. The van der Waals surface area contributed by atoms with Crippen LogP contribution in [0.1, 0.15) is 37.3 Å². The van der Waals surface area contributed by atoms with Crippen molar-refractivity contribution in [2.24, 2.45) is 0 Å². The Morgan fingerprint density at radius 1 is 1.17 bits per heavy atom. The van der Waals surface area contributed by atoms with E-state index < -0.39 is 0 Å². The van der Waals surface area contributed by atoms with Gasteiger partial charge in [0.15, 0.2) is 0 Å². The molecule has 9 heteroatoms. The first-order valence-corrected chi connectivity index (χ1v) is 10.4. The molecule has 0 saturated carbocycles. The summed E-state index contributed by atoms with van der Waals surface area (Å²) in [5.74, 6) is 4.11. The maximum atomic E-state index is 12.0. The van der Waals surface area contributed by atoms with Gasteiger partial charge in [0.05, 0.1) is 6.61 Å². The molecular weight excluding hydrogens is 370 g/mol. The number of amides is 1. The number of nitrogens with zero attached hydrogens (tertiary/aromatic N) is 6. The van der Waals surface area contributed by atoms with Gasteiger partial charge in [-0.3, -0.25) is 0 Å². The van der Waals surface area contributed by atoms with E-state index in [1.165, 1.54) is 0 Å². The predicted molar refractivity (Wildman–Crippen MR) is 110 cm³/mol. The van der Waals surface area contributed by atoms with E-state index in [4.69, 9.17) is 9.72 Å². The lowest BCUT2D eigenvalue weighted by Gasteiger charge is -2.25. The number of hydrogen-bond donors (Lipinski definition) is 1. The second-order valence-corrected chi connectivity index (χ2v) is 7.56. The van der Waals surface area contributed by atoms with Crippen LogP contribution in [0.25, 0.3) is 0 Å². The van der Waals surface area contributed by atoms with Gasteiger partial charge in [-0.05, 0) is 26.7 Å². The number of carbonyl (C=O) groups excluding carboxylic acids is 1. The summed E-state index contributed by atoms with van der Waals surface area (Å²) in [6.07, 6.45) is 5.41. The molecule has 2 aromatic heterocycles. The number of aryl methyl sites for hydroxylation is 1. The third-order valence-corrected chi connectivity index (χ3v) is 5.58. The van der Waals surface area contributed by atoms with Crippen LogP contribution in [-0.2, 0) is 4.74 Å². The third kappa shape index (κ3) is 4.44. The quantitative estimate of drug-likeness (QED) is 0.842. The van der Waals surface area contributed by atoms with Crippen molar-refractivity contribution in [3.63, 3.8) is 0 Å². The highest BCUT2D eigenvalue weighted by atomic mass is 16.6. The lowest BCUT2D eigenvalue weighted by Crippen LogP contribution is -2.36. The van der Waals surface area contributed by atoms with Crippen LogP contribution in [-0.4, -0.2) is 76.8 Å². The van der Waals surface area contributed by atoms with E-state index in [2.05, 4.69) is 30.8 Å². The van der Waals surface area contributed by atoms with Crippen molar-refractivity contribution in [3.05, 3.63) is 30.1 Å². The number of ether oxygens (including phenoxy) is 1. The molecule has 0 radical (unpaired) electrons. The minimum Gasteiger partial charge on any atom is -0.450 e. The van der Waals surface area contributed by atoms with E-state index in [0.29, 0.717) is 25.6 Å². The van der Waals surface area contributed by atoms with Gasteiger partial charge in [0.1, 0.15) is 23.3 Å². The van der Waals surface area contributed by atoms with Gasteiger partial charge in [-0.15, -0.1) is 0 Å². The Kier molecular flexibility index (Phi) is 5.82. The highest BCUT2D eigenvalue weighted by Gasteiger charge is 2.28. The van der Waals surface area contributed by atoms with Crippen LogP contribution in [0.4, 0.5) is 16.4 Å². The SMILES string of the molecule is CCOC(=O)N1CCCN(c2cc(N3CCC(c4ncc[nH]4)C3)nc(C)n2)CC1. The van der Waals surface area contributed by atoms with E-state index >= 15 is 0 Å². The second kappa shape index (κ2) is 8.67. The van der Waals surface area contributed by atoms with Crippen molar-refractivity contribution in [2.45, 2.75) is 32.6 Å². The molecule has 1 atom stereocenters. The molecule has 0 aliphatic carbocycles. The Morgan fingerprint density at radius 3 is 2.76 bits per heavy atom. The van der Waals surface area contributed by atoms with Crippen LogP contribution in [0.15, 0.2) is 18.5 Å². The van der Waals surface area contributed by atoms with E-state index in [9.17, 15) is 4.79 Å². The minimum absolute atomic E-state index is 0.227. The monoisotopic (exact) mass is 399 g/mol. The Hall–Kier alpha value is -2.84. The van der Waals surface area contributed by atoms with Crippen molar-refractivity contribution < 1.29 is 9.53 Å². The summed E-state index contributed by atoms with van der Waals surface area (Å²) < 4.78 is 5.15. The second-order valence-electron chi connectivity index (χ2n) is 7.56. The van der Waals surface area contributed by atoms with Crippen LogP contribution < -0.4 is 9.80 Å². The molecule has 2 aliphatic rings.